The first kappa shape index (κ1) is 9.39. The van der Waals surface area contributed by atoms with Crippen LogP contribution in [0.15, 0.2) is 0 Å². The summed E-state index contributed by atoms with van der Waals surface area (Å²) >= 11 is 0. The SMILES string of the molecule is COC(=O)[C@](C)(N)C(C)O. The van der Waals surface area contributed by atoms with E-state index in [-0.39, 0.29) is 0 Å². The summed E-state index contributed by atoms with van der Waals surface area (Å²) in [6, 6.07) is 0. The lowest BCUT2D eigenvalue weighted by molar-refractivity contribution is -0.150. The van der Waals surface area contributed by atoms with E-state index in [4.69, 9.17) is 10.8 Å². The van der Waals surface area contributed by atoms with Gasteiger partial charge in [0.25, 0.3) is 0 Å². The molecule has 0 rings (SSSR count). The Labute approximate surface area is 60.0 Å². The topological polar surface area (TPSA) is 72.5 Å². The number of carbonyl (C=O) groups is 1. The first-order valence-electron chi connectivity index (χ1n) is 2.98. The molecule has 0 aromatic heterocycles. The summed E-state index contributed by atoms with van der Waals surface area (Å²) in [6.45, 7) is 2.86. The van der Waals surface area contributed by atoms with Crippen molar-refractivity contribution in [3.05, 3.63) is 0 Å². The van der Waals surface area contributed by atoms with Crippen molar-refractivity contribution < 1.29 is 14.6 Å². The maximum atomic E-state index is 10.8. The molecule has 0 saturated carbocycles. The van der Waals surface area contributed by atoms with Crippen LogP contribution in [0.2, 0.25) is 0 Å². The Hall–Kier alpha value is -0.610. The smallest absolute Gasteiger partial charge is 0.328 e. The van der Waals surface area contributed by atoms with Crippen molar-refractivity contribution in [1.29, 1.82) is 0 Å². The van der Waals surface area contributed by atoms with E-state index in [1.54, 1.807) is 0 Å². The zero-order chi connectivity index (χ0) is 8.36. The fraction of sp³-hybridized carbons (Fsp3) is 0.833. The Bertz CT molecular complexity index is 131. The Balaban J connectivity index is 4.24. The van der Waals surface area contributed by atoms with Gasteiger partial charge in [0.15, 0.2) is 0 Å². The number of carbonyl (C=O) groups excluding carboxylic acids is 1. The fourth-order valence-electron chi connectivity index (χ4n) is 0.390. The lowest BCUT2D eigenvalue weighted by Gasteiger charge is -2.23. The molecule has 3 N–H and O–H groups in total. The quantitative estimate of drug-likeness (QED) is 0.504. The lowest BCUT2D eigenvalue weighted by Crippen LogP contribution is -2.54. The monoisotopic (exact) mass is 147 g/mol. The average Bonchev–Trinajstić information content (AvgIpc) is 1.86. The Kier molecular flexibility index (Phi) is 2.80. The lowest BCUT2D eigenvalue weighted by atomic mass is 9.98. The molecule has 0 spiro atoms. The van der Waals surface area contributed by atoms with E-state index in [1.165, 1.54) is 21.0 Å². The van der Waals surface area contributed by atoms with Gasteiger partial charge in [-0.3, -0.25) is 0 Å². The third-order valence-corrected chi connectivity index (χ3v) is 1.49. The van der Waals surface area contributed by atoms with Gasteiger partial charge < -0.3 is 15.6 Å². The number of nitrogens with two attached hydrogens (primary N) is 1. The minimum absolute atomic E-state index is 0.609. The van der Waals surface area contributed by atoms with Gasteiger partial charge >= 0.3 is 5.97 Å². The number of rotatable bonds is 2. The predicted molar refractivity (Wildman–Crippen MR) is 36.3 cm³/mol. The first-order chi connectivity index (χ1) is 4.42. The van der Waals surface area contributed by atoms with Gasteiger partial charge in [0.1, 0.15) is 5.54 Å². The number of aliphatic hydroxyl groups excluding tert-OH is 1. The van der Waals surface area contributed by atoms with Gasteiger partial charge in [-0.2, -0.15) is 0 Å². The molecule has 2 atom stereocenters. The molecule has 0 bridgehead atoms. The maximum Gasteiger partial charge on any atom is 0.328 e. The Morgan fingerprint density at radius 3 is 2.30 bits per heavy atom. The van der Waals surface area contributed by atoms with Crippen LogP contribution in [0.3, 0.4) is 0 Å². The molecule has 4 heteroatoms. The molecular weight excluding hydrogens is 134 g/mol. The van der Waals surface area contributed by atoms with E-state index < -0.39 is 17.6 Å². The molecule has 0 saturated heterocycles. The zero-order valence-electron chi connectivity index (χ0n) is 6.42. The second kappa shape index (κ2) is 2.98. The highest BCUT2D eigenvalue weighted by molar-refractivity contribution is 5.80. The molecule has 0 amide bonds. The summed E-state index contributed by atoms with van der Waals surface area (Å²) in [5, 5.41) is 8.96. The summed E-state index contributed by atoms with van der Waals surface area (Å²) < 4.78 is 4.35. The summed E-state index contributed by atoms with van der Waals surface area (Å²) in [4.78, 5) is 10.8. The molecule has 0 aromatic rings. The highest BCUT2D eigenvalue weighted by Gasteiger charge is 2.34. The normalized spacial score (nSPS) is 19.3. The van der Waals surface area contributed by atoms with Crippen LogP contribution in [-0.2, 0) is 9.53 Å². The van der Waals surface area contributed by atoms with Gasteiger partial charge in [-0.15, -0.1) is 0 Å². The van der Waals surface area contributed by atoms with Gasteiger partial charge in [-0.1, -0.05) is 0 Å². The second-order valence-electron chi connectivity index (χ2n) is 2.45. The summed E-state index contributed by atoms with van der Waals surface area (Å²) in [7, 11) is 1.23. The van der Waals surface area contributed by atoms with E-state index in [9.17, 15) is 4.79 Å². The predicted octanol–water partition coefficient (Wildman–Crippen LogP) is -0.742. The zero-order valence-corrected chi connectivity index (χ0v) is 6.42. The van der Waals surface area contributed by atoms with Crippen molar-refractivity contribution in [1.82, 2.24) is 0 Å². The van der Waals surface area contributed by atoms with Crippen molar-refractivity contribution in [2.24, 2.45) is 5.73 Å². The number of hydrogen-bond acceptors (Lipinski definition) is 4. The summed E-state index contributed by atoms with van der Waals surface area (Å²) in [5.74, 6) is -0.609. The molecule has 4 nitrogen and oxygen atoms in total. The van der Waals surface area contributed by atoms with Crippen molar-refractivity contribution >= 4 is 5.97 Å². The first-order valence-corrected chi connectivity index (χ1v) is 2.98. The summed E-state index contributed by atoms with van der Waals surface area (Å²) in [6.07, 6.45) is -0.903. The van der Waals surface area contributed by atoms with Crippen LogP contribution >= 0.6 is 0 Å². The number of esters is 1. The van der Waals surface area contributed by atoms with E-state index >= 15 is 0 Å². The molecule has 10 heavy (non-hydrogen) atoms. The molecule has 0 aliphatic carbocycles. The van der Waals surface area contributed by atoms with Crippen molar-refractivity contribution in [2.75, 3.05) is 7.11 Å². The largest absolute Gasteiger partial charge is 0.468 e. The van der Waals surface area contributed by atoms with Crippen LogP contribution in [0.5, 0.6) is 0 Å². The van der Waals surface area contributed by atoms with Crippen LogP contribution in [0.4, 0.5) is 0 Å². The fourth-order valence-corrected chi connectivity index (χ4v) is 0.390. The number of hydrogen-bond donors (Lipinski definition) is 2. The molecule has 60 valence electrons. The van der Waals surface area contributed by atoms with Crippen LogP contribution in [0.1, 0.15) is 13.8 Å². The standard InChI is InChI=1S/C6H13NO3/c1-4(8)6(2,7)5(9)10-3/h4,8H,7H2,1-3H3/t4?,6-/m1/s1. The molecule has 1 unspecified atom stereocenters. The van der Waals surface area contributed by atoms with Crippen molar-refractivity contribution in [3.8, 4) is 0 Å². The van der Waals surface area contributed by atoms with Crippen LogP contribution in [-0.4, -0.2) is 29.8 Å². The molecule has 0 heterocycles. The highest BCUT2D eigenvalue weighted by Crippen LogP contribution is 2.06. The molecular formula is C6H13NO3. The highest BCUT2D eigenvalue weighted by atomic mass is 16.5. The van der Waals surface area contributed by atoms with E-state index in [1.807, 2.05) is 0 Å². The van der Waals surface area contributed by atoms with E-state index in [0.717, 1.165) is 0 Å². The minimum Gasteiger partial charge on any atom is -0.468 e. The average molecular weight is 147 g/mol. The molecule has 0 radical (unpaired) electrons. The summed E-state index contributed by atoms with van der Waals surface area (Å²) in [5.41, 5.74) is 4.09. The van der Waals surface area contributed by atoms with Crippen LogP contribution in [0, 0.1) is 0 Å². The third kappa shape index (κ3) is 1.68. The molecule has 0 fully saturated rings. The van der Waals surface area contributed by atoms with Gasteiger partial charge in [0.2, 0.25) is 0 Å². The van der Waals surface area contributed by atoms with Gasteiger partial charge in [-0.25, -0.2) is 4.79 Å². The van der Waals surface area contributed by atoms with Crippen molar-refractivity contribution in [3.63, 3.8) is 0 Å². The van der Waals surface area contributed by atoms with Crippen LogP contribution < -0.4 is 5.73 Å². The number of methoxy groups -OCH3 is 1. The minimum atomic E-state index is -1.30. The van der Waals surface area contributed by atoms with Gasteiger partial charge in [0.05, 0.1) is 13.2 Å². The van der Waals surface area contributed by atoms with Crippen molar-refractivity contribution in [2.45, 2.75) is 25.5 Å². The maximum absolute atomic E-state index is 10.8. The Morgan fingerprint density at radius 1 is 1.80 bits per heavy atom. The molecule has 0 aliphatic rings. The molecule has 0 aliphatic heterocycles. The van der Waals surface area contributed by atoms with Gasteiger partial charge in [-0.05, 0) is 13.8 Å². The van der Waals surface area contributed by atoms with E-state index in [0.29, 0.717) is 0 Å². The third-order valence-electron chi connectivity index (χ3n) is 1.49. The second-order valence-corrected chi connectivity index (χ2v) is 2.45. The van der Waals surface area contributed by atoms with Gasteiger partial charge in [0, 0.05) is 0 Å². The van der Waals surface area contributed by atoms with E-state index in [2.05, 4.69) is 4.74 Å². The Morgan fingerprint density at radius 2 is 2.20 bits per heavy atom. The van der Waals surface area contributed by atoms with Crippen LogP contribution in [0.25, 0.3) is 0 Å². The number of ether oxygens (including phenoxy) is 1. The number of aliphatic hydroxyl groups is 1. The molecule has 0 aromatic carbocycles.